The van der Waals surface area contributed by atoms with Crippen molar-refractivity contribution in [3.05, 3.63) is 36.5 Å². The molecule has 0 aliphatic carbocycles. The summed E-state index contributed by atoms with van der Waals surface area (Å²) < 4.78 is 0. The van der Waals surface area contributed by atoms with Gasteiger partial charge in [0.25, 0.3) is 0 Å². The number of allylic oxidation sites excluding steroid dienone is 5. The third-order valence-corrected chi connectivity index (χ3v) is 16.9. The lowest BCUT2D eigenvalue weighted by Gasteiger charge is -2.19. The van der Waals surface area contributed by atoms with Crippen LogP contribution in [0.4, 0.5) is 0 Å². The normalized spacial score (nSPS) is 12.8. The van der Waals surface area contributed by atoms with Crippen molar-refractivity contribution in [2.75, 3.05) is 6.61 Å². The zero-order valence-electron chi connectivity index (χ0n) is 52.8. The molecule has 0 aliphatic heterocycles. The summed E-state index contributed by atoms with van der Waals surface area (Å²) in [4.78, 5) is 12.5. The molecule has 0 saturated heterocycles. The van der Waals surface area contributed by atoms with Gasteiger partial charge in [-0.1, -0.05) is 391 Å². The molecule has 0 aromatic heterocycles. The van der Waals surface area contributed by atoms with E-state index >= 15 is 0 Å². The Morgan fingerprint density at radius 1 is 0.299 bits per heavy atom. The van der Waals surface area contributed by atoms with Crippen LogP contribution in [0.3, 0.4) is 0 Å². The maximum atomic E-state index is 12.5. The average Bonchev–Trinajstić information content (AvgIpc) is 3.43. The molecule has 0 aromatic rings. The second-order valence-corrected chi connectivity index (χ2v) is 24.6. The van der Waals surface area contributed by atoms with Crippen molar-refractivity contribution in [3.8, 4) is 0 Å². The minimum atomic E-state index is -0.870. The monoisotopic (exact) mass is 1080 g/mol. The number of amides is 1. The molecule has 0 spiro atoms. The number of carbonyl (C=O) groups excluding carboxylic acids is 1. The van der Waals surface area contributed by atoms with Gasteiger partial charge in [-0.15, -0.1) is 0 Å². The molecule has 1 amide bonds. The molecule has 3 N–H and O–H groups in total. The van der Waals surface area contributed by atoms with Crippen LogP contribution in [-0.2, 0) is 4.79 Å². The van der Waals surface area contributed by atoms with E-state index in [1.54, 1.807) is 6.08 Å². The maximum Gasteiger partial charge on any atom is 0.220 e. The van der Waals surface area contributed by atoms with E-state index in [2.05, 4.69) is 43.5 Å². The number of nitrogens with one attached hydrogen (secondary N) is 1. The predicted molar refractivity (Wildman–Crippen MR) is 345 cm³/mol. The Labute approximate surface area is 484 Å². The summed E-state index contributed by atoms with van der Waals surface area (Å²) in [6, 6.07) is -0.646. The lowest BCUT2D eigenvalue weighted by Crippen LogP contribution is -2.45. The molecular formula is C73H141NO3. The number of hydrogen-bond donors (Lipinski definition) is 3. The third-order valence-electron chi connectivity index (χ3n) is 16.9. The molecule has 0 aliphatic rings. The highest BCUT2D eigenvalue weighted by Crippen LogP contribution is 2.19. The van der Waals surface area contributed by atoms with Gasteiger partial charge in [0.1, 0.15) is 0 Å². The molecule has 0 heterocycles. The molecule has 77 heavy (non-hydrogen) atoms. The summed E-state index contributed by atoms with van der Waals surface area (Å²) in [5.74, 6) is -0.0693. The zero-order valence-corrected chi connectivity index (χ0v) is 52.8. The van der Waals surface area contributed by atoms with Gasteiger partial charge >= 0.3 is 0 Å². The Morgan fingerprint density at radius 3 is 0.753 bits per heavy atom. The second kappa shape index (κ2) is 68.9. The van der Waals surface area contributed by atoms with Crippen molar-refractivity contribution < 1.29 is 15.0 Å². The van der Waals surface area contributed by atoms with Crippen molar-refractivity contribution in [1.29, 1.82) is 0 Å². The topological polar surface area (TPSA) is 69.6 Å². The fourth-order valence-corrected chi connectivity index (χ4v) is 11.5. The molecule has 2 atom stereocenters. The van der Waals surface area contributed by atoms with Crippen molar-refractivity contribution in [1.82, 2.24) is 5.32 Å². The number of rotatable bonds is 67. The van der Waals surface area contributed by atoms with Crippen LogP contribution in [0.15, 0.2) is 36.5 Å². The summed E-state index contributed by atoms with van der Waals surface area (Å²) in [5, 5.41) is 23.3. The van der Waals surface area contributed by atoms with Crippen LogP contribution in [-0.4, -0.2) is 34.9 Å². The third kappa shape index (κ3) is 65.3. The van der Waals surface area contributed by atoms with Crippen LogP contribution in [0, 0.1) is 0 Å². The zero-order chi connectivity index (χ0) is 55.5. The lowest BCUT2D eigenvalue weighted by molar-refractivity contribution is -0.123. The van der Waals surface area contributed by atoms with Crippen molar-refractivity contribution >= 4 is 5.91 Å². The number of aliphatic hydroxyl groups excluding tert-OH is 2. The SMILES string of the molecule is CCCCCCCCCCCCCCCCCCCC/C=C/CC/C=C/CC/C=C/C(O)C(CO)NC(=O)CCCCCCCCCCCCCCCCCCCCCCCCCCCCCCCCCCCCCCC. The summed E-state index contributed by atoms with van der Waals surface area (Å²) in [7, 11) is 0. The summed E-state index contributed by atoms with van der Waals surface area (Å²) in [6.45, 7) is 4.35. The Bertz CT molecular complexity index is 1180. The highest BCUT2D eigenvalue weighted by Gasteiger charge is 2.18. The van der Waals surface area contributed by atoms with Crippen molar-refractivity contribution in [2.24, 2.45) is 0 Å². The van der Waals surface area contributed by atoms with Gasteiger partial charge in [-0.3, -0.25) is 4.79 Å². The number of hydrogen-bond acceptors (Lipinski definition) is 3. The van der Waals surface area contributed by atoms with Gasteiger partial charge in [0.05, 0.1) is 18.8 Å². The molecule has 0 fully saturated rings. The minimum Gasteiger partial charge on any atom is -0.394 e. The molecule has 0 bridgehead atoms. The number of unbranched alkanes of at least 4 members (excludes halogenated alkanes) is 56. The van der Waals surface area contributed by atoms with E-state index in [4.69, 9.17) is 0 Å². The maximum absolute atomic E-state index is 12.5. The Kier molecular flexibility index (Phi) is 67.6. The van der Waals surface area contributed by atoms with E-state index < -0.39 is 12.1 Å². The van der Waals surface area contributed by atoms with Gasteiger partial charge < -0.3 is 15.5 Å². The molecule has 2 unspecified atom stereocenters. The molecule has 4 heteroatoms. The van der Waals surface area contributed by atoms with Crippen LogP contribution < -0.4 is 5.32 Å². The molecule has 0 radical (unpaired) electrons. The highest BCUT2D eigenvalue weighted by atomic mass is 16.3. The van der Waals surface area contributed by atoms with E-state index in [1.165, 1.54) is 347 Å². The van der Waals surface area contributed by atoms with E-state index in [-0.39, 0.29) is 12.5 Å². The fraction of sp³-hybridized carbons (Fsp3) is 0.904. The Balaban J connectivity index is 3.44. The molecule has 456 valence electrons. The molecular weight excluding hydrogens is 939 g/mol. The second-order valence-electron chi connectivity index (χ2n) is 24.6. The van der Waals surface area contributed by atoms with Crippen LogP contribution in [0.5, 0.6) is 0 Å². The van der Waals surface area contributed by atoms with Gasteiger partial charge in [-0.25, -0.2) is 0 Å². The van der Waals surface area contributed by atoms with Gasteiger partial charge in [-0.05, 0) is 44.9 Å². The van der Waals surface area contributed by atoms with Gasteiger partial charge in [0.2, 0.25) is 5.91 Å². The summed E-state index contributed by atoms with van der Waals surface area (Å²) in [5.41, 5.74) is 0. The van der Waals surface area contributed by atoms with E-state index in [0.717, 1.165) is 38.5 Å². The van der Waals surface area contributed by atoms with Gasteiger partial charge in [0, 0.05) is 6.42 Å². The average molecular weight is 1080 g/mol. The summed E-state index contributed by atoms with van der Waals surface area (Å²) >= 11 is 0. The highest BCUT2D eigenvalue weighted by molar-refractivity contribution is 5.76. The number of carbonyl (C=O) groups is 1. The van der Waals surface area contributed by atoms with Gasteiger partial charge in [-0.2, -0.15) is 0 Å². The van der Waals surface area contributed by atoms with Crippen molar-refractivity contribution in [2.45, 2.75) is 418 Å². The van der Waals surface area contributed by atoms with Crippen LogP contribution in [0.1, 0.15) is 406 Å². The van der Waals surface area contributed by atoms with E-state index in [1.807, 2.05) is 6.08 Å². The van der Waals surface area contributed by atoms with Gasteiger partial charge in [0.15, 0.2) is 0 Å². The minimum absolute atomic E-state index is 0.0693. The first kappa shape index (κ1) is 75.6. The predicted octanol–water partition coefficient (Wildman–Crippen LogP) is 24.3. The largest absolute Gasteiger partial charge is 0.394 e. The Hall–Kier alpha value is -1.39. The summed E-state index contributed by atoms with van der Waals surface area (Å²) in [6.07, 6.45) is 95.4. The van der Waals surface area contributed by atoms with Crippen LogP contribution in [0.25, 0.3) is 0 Å². The lowest BCUT2D eigenvalue weighted by atomic mass is 10.0. The molecule has 0 saturated carbocycles. The molecule has 4 nitrogen and oxygen atoms in total. The first-order chi connectivity index (χ1) is 38.2. The van der Waals surface area contributed by atoms with Crippen LogP contribution in [0.2, 0.25) is 0 Å². The molecule has 0 aromatic carbocycles. The first-order valence-corrected chi connectivity index (χ1v) is 35.7. The standard InChI is InChI=1S/C73H141NO3/c1-3-5-7-9-11-13-15-17-19-21-23-25-27-29-31-33-34-35-36-37-38-39-40-41-43-45-47-49-51-53-55-57-59-61-63-65-67-69-73(77)74-71(70-75)72(76)68-66-64-62-60-58-56-54-52-50-48-46-44-42-32-30-28-26-24-22-20-18-16-14-12-10-8-6-4-2/h50,52,58,60,66,68,71-72,75-76H,3-49,51,53-57,59,61-65,67,69-70H2,1-2H3,(H,74,77)/b52-50+,60-58+,68-66+. The van der Waals surface area contributed by atoms with E-state index in [0.29, 0.717) is 6.42 Å². The fourth-order valence-electron chi connectivity index (χ4n) is 11.5. The van der Waals surface area contributed by atoms with Crippen molar-refractivity contribution in [3.63, 3.8) is 0 Å². The Morgan fingerprint density at radius 2 is 0.506 bits per heavy atom. The first-order valence-electron chi connectivity index (χ1n) is 35.7. The molecule has 0 rings (SSSR count). The quantitative estimate of drug-likeness (QED) is 0.0420. The number of aliphatic hydroxyl groups is 2. The smallest absolute Gasteiger partial charge is 0.220 e. The van der Waals surface area contributed by atoms with E-state index in [9.17, 15) is 15.0 Å². The van der Waals surface area contributed by atoms with Crippen LogP contribution >= 0.6 is 0 Å².